The second-order valence-electron chi connectivity index (χ2n) is 4.83. The Morgan fingerprint density at radius 2 is 2.04 bits per heavy atom. The molecule has 2 rings (SSSR count). The standard InChI is InChI=1S/C16H15ClN2O4/c1-11-10-12(17)6-7-15(11)23-16(20)8-9-18-13-4-2-3-5-14(13)19(21)22/h2-7,10,18H,8-9H2,1H3. The highest BCUT2D eigenvalue weighted by molar-refractivity contribution is 6.30. The van der Waals surface area contributed by atoms with E-state index in [4.69, 9.17) is 16.3 Å². The molecule has 0 aromatic heterocycles. The van der Waals surface area contributed by atoms with Gasteiger partial charge in [-0.2, -0.15) is 0 Å². The van der Waals surface area contributed by atoms with E-state index in [-0.39, 0.29) is 18.7 Å². The molecule has 0 radical (unpaired) electrons. The van der Waals surface area contributed by atoms with Gasteiger partial charge in [-0.15, -0.1) is 0 Å². The number of aryl methyl sites for hydroxylation is 1. The SMILES string of the molecule is Cc1cc(Cl)ccc1OC(=O)CCNc1ccccc1[N+](=O)[O-]. The van der Waals surface area contributed by atoms with Crippen molar-refractivity contribution in [2.45, 2.75) is 13.3 Å². The molecule has 2 aromatic carbocycles. The third-order valence-electron chi connectivity index (χ3n) is 3.11. The lowest BCUT2D eigenvalue weighted by Gasteiger charge is -2.09. The minimum Gasteiger partial charge on any atom is -0.426 e. The second kappa shape index (κ2) is 7.60. The minimum absolute atomic E-state index is 0.0330. The molecule has 0 unspecified atom stereocenters. The number of ether oxygens (including phenoxy) is 1. The van der Waals surface area contributed by atoms with Crippen LogP contribution in [0.15, 0.2) is 42.5 Å². The molecule has 0 bridgehead atoms. The van der Waals surface area contributed by atoms with Crippen molar-refractivity contribution < 1.29 is 14.5 Å². The van der Waals surface area contributed by atoms with Crippen molar-refractivity contribution in [1.82, 2.24) is 0 Å². The maximum absolute atomic E-state index is 11.8. The van der Waals surface area contributed by atoms with Gasteiger partial charge in [0.2, 0.25) is 0 Å². The van der Waals surface area contributed by atoms with Crippen molar-refractivity contribution >= 4 is 28.9 Å². The fourth-order valence-corrected chi connectivity index (χ4v) is 2.21. The number of esters is 1. The molecule has 0 fully saturated rings. The zero-order chi connectivity index (χ0) is 16.8. The van der Waals surface area contributed by atoms with E-state index in [0.29, 0.717) is 16.5 Å². The number of nitro groups is 1. The van der Waals surface area contributed by atoms with E-state index in [9.17, 15) is 14.9 Å². The molecule has 0 aliphatic carbocycles. The summed E-state index contributed by atoms with van der Waals surface area (Å²) in [5.41, 5.74) is 1.10. The monoisotopic (exact) mass is 334 g/mol. The number of carbonyl (C=O) groups excluding carboxylic acids is 1. The van der Waals surface area contributed by atoms with Gasteiger partial charge >= 0.3 is 5.97 Å². The van der Waals surface area contributed by atoms with Gasteiger partial charge in [-0.25, -0.2) is 0 Å². The van der Waals surface area contributed by atoms with Crippen LogP contribution in [0.5, 0.6) is 5.75 Å². The van der Waals surface area contributed by atoms with E-state index >= 15 is 0 Å². The van der Waals surface area contributed by atoms with Crippen LogP contribution in [0.3, 0.4) is 0 Å². The average molecular weight is 335 g/mol. The van der Waals surface area contributed by atoms with E-state index in [1.54, 1.807) is 43.3 Å². The summed E-state index contributed by atoms with van der Waals surface area (Å²) in [7, 11) is 0. The molecule has 0 spiro atoms. The van der Waals surface area contributed by atoms with Gasteiger partial charge in [-0.3, -0.25) is 14.9 Å². The Morgan fingerprint density at radius 1 is 1.30 bits per heavy atom. The Kier molecular flexibility index (Phi) is 5.54. The van der Waals surface area contributed by atoms with Crippen molar-refractivity contribution in [2.75, 3.05) is 11.9 Å². The van der Waals surface area contributed by atoms with Crippen molar-refractivity contribution in [2.24, 2.45) is 0 Å². The molecule has 0 aliphatic rings. The number of nitrogens with zero attached hydrogens (tertiary/aromatic N) is 1. The summed E-state index contributed by atoms with van der Waals surface area (Å²) in [5.74, 6) is 0.0200. The third kappa shape index (κ3) is 4.69. The maximum atomic E-state index is 11.8. The lowest BCUT2D eigenvalue weighted by Crippen LogP contribution is -2.14. The van der Waals surface area contributed by atoms with E-state index < -0.39 is 10.9 Å². The third-order valence-corrected chi connectivity index (χ3v) is 3.34. The van der Waals surface area contributed by atoms with Crippen LogP contribution in [0.1, 0.15) is 12.0 Å². The molecule has 1 N–H and O–H groups in total. The van der Waals surface area contributed by atoms with Crippen molar-refractivity contribution in [3.8, 4) is 5.75 Å². The number of benzene rings is 2. The van der Waals surface area contributed by atoms with Gasteiger partial charge < -0.3 is 10.1 Å². The Hall–Kier alpha value is -2.60. The molecule has 0 aliphatic heterocycles. The largest absolute Gasteiger partial charge is 0.426 e. The van der Waals surface area contributed by atoms with Crippen LogP contribution >= 0.6 is 11.6 Å². The molecular formula is C16H15ClN2O4. The first kappa shape index (κ1) is 16.8. The number of para-hydroxylation sites is 2. The van der Waals surface area contributed by atoms with Gasteiger partial charge in [-0.1, -0.05) is 23.7 Å². The summed E-state index contributed by atoms with van der Waals surface area (Å²) in [6.45, 7) is 2.02. The van der Waals surface area contributed by atoms with Gasteiger partial charge in [0.25, 0.3) is 5.69 Å². The summed E-state index contributed by atoms with van der Waals surface area (Å²) in [6, 6.07) is 11.2. The number of carbonyl (C=O) groups is 1. The number of nitrogens with one attached hydrogen (secondary N) is 1. The lowest BCUT2D eigenvalue weighted by atomic mass is 10.2. The minimum atomic E-state index is -0.474. The highest BCUT2D eigenvalue weighted by atomic mass is 35.5. The van der Waals surface area contributed by atoms with Crippen LogP contribution in [0.25, 0.3) is 0 Å². The molecular weight excluding hydrogens is 320 g/mol. The number of nitro benzene ring substituents is 1. The Bertz CT molecular complexity index is 734. The van der Waals surface area contributed by atoms with Gasteiger partial charge in [0.05, 0.1) is 11.3 Å². The van der Waals surface area contributed by atoms with E-state index in [1.165, 1.54) is 6.07 Å². The maximum Gasteiger partial charge on any atom is 0.312 e. The first-order chi connectivity index (χ1) is 11.0. The van der Waals surface area contributed by atoms with E-state index in [0.717, 1.165) is 5.56 Å². The topological polar surface area (TPSA) is 81.5 Å². The molecule has 0 saturated heterocycles. The zero-order valence-corrected chi connectivity index (χ0v) is 13.2. The second-order valence-corrected chi connectivity index (χ2v) is 5.27. The van der Waals surface area contributed by atoms with Crippen LogP contribution in [0.4, 0.5) is 11.4 Å². The highest BCUT2D eigenvalue weighted by Gasteiger charge is 2.13. The van der Waals surface area contributed by atoms with Gasteiger partial charge in [0, 0.05) is 17.6 Å². The summed E-state index contributed by atoms with van der Waals surface area (Å²) in [4.78, 5) is 22.2. The molecule has 0 amide bonds. The quantitative estimate of drug-likeness (QED) is 0.374. The van der Waals surface area contributed by atoms with Crippen LogP contribution < -0.4 is 10.1 Å². The molecule has 23 heavy (non-hydrogen) atoms. The predicted octanol–water partition coefficient (Wildman–Crippen LogP) is 3.96. The lowest BCUT2D eigenvalue weighted by molar-refractivity contribution is -0.384. The normalized spacial score (nSPS) is 10.2. The summed E-state index contributed by atoms with van der Waals surface area (Å²) in [5, 5.41) is 14.3. The Labute approximate surface area is 138 Å². The molecule has 0 atom stereocenters. The highest BCUT2D eigenvalue weighted by Crippen LogP contribution is 2.24. The molecule has 0 heterocycles. The molecule has 2 aromatic rings. The number of anilines is 1. The van der Waals surface area contributed by atoms with Gasteiger partial charge in [0.1, 0.15) is 11.4 Å². The molecule has 120 valence electrons. The number of hydrogen-bond donors (Lipinski definition) is 1. The van der Waals surface area contributed by atoms with Crippen molar-refractivity contribution in [1.29, 1.82) is 0 Å². The predicted molar refractivity (Wildman–Crippen MR) is 88.0 cm³/mol. The number of halogens is 1. The molecule has 6 nitrogen and oxygen atoms in total. The first-order valence-electron chi connectivity index (χ1n) is 6.91. The number of hydrogen-bond acceptors (Lipinski definition) is 5. The molecule has 0 saturated carbocycles. The fraction of sp³-hybridized carbons (Fsp3) is 0.188. The number of rotatable bonds is 6. The van der Waals surface area contributed by atoms with Crippen molar-refractivity contribution in [3.05, 3.63) is 63.2 Å². The van der Waals surface area contributed by atoms with Crippen LogP contribution in [-0.4, -0.2) is 17.4 Å². The van der Waals surface area contributed by atoms with Crippen LogP contribution in [0, 0.1) is 17.0 Å². The summed E-state index contributed by atoms with van der Waals surface area (Å²) in [6.07, 6.45) is 0.0775. The molecule has 7 heteroatoms. The van der Waals surface area contributed by atoms with E-state index in [1.807, 2.05) is 0 Å². The first-order valence-corrected chi connectivity index (χ1v) is 7.29. The average Bonchev–Trinajstić information content (AvgIpc) is 2.50. The van der Waals surface area contributed by atoms with Crippen LogP contribution in [0.2, 0.25) is 5.02 Å². The Balaban J connectivity index is 1.89. The van der Waals surface area contributed by atoms with E-state index in [2.05, 4.69) is 5.32 Å². The van der Waals surface area contributed by atoms with Crippen LogP contribution in [-0.2, 0) is 4.79 Å². The fourth-order valence-electron chi connectivity index (χ4n) is 1.98. The zero-order valence-electron chi connectivity index (χ0n) is 12.4. The van der Waals surface area contributed by atoms with Crippen molar-refractivity contribution in [3.63, 3.8) is 0 Å². The Morgan fingerprint density at radius 3 is 2.74 bits per heavy atom. The smallest absolute Gasteiger partial charge is 0.312 e. The van der Waals surface area contributed by atoms with Gasteiger partial charge in [-0.05, 0) is 36.8 Å². The summed E-state index contributed by atoms with van der Waals surface area (Å²) < 4.78 is 5.24. The summed E-state index contributed by atoms with van der Waals surface area (Å²) >= 11 is 5.84. The van der Waals surface area contributed by atoms with Gasteiger partial charge in [0.15, 0.2) is 0 Å².